The molecule has 0 saturated heterocycles. The second-order valence-corrected chi connectivity index (χ2v) is 7.95. The molecule has 0 atom stereocenters. The van der Waals surface area contributed by atoms with E-state index in [1.807, 2.05) is 0 Å². The summed E-state index contributed by atoms with van der Waals surface area (Å²) in [6.07, 6.45) is 11.0. The van der Waals surface area contributed by atoms with Crippen LogP contribution in [0.5, 0.6) is 0 Å². The number of hydrogen-bond acceptors (Lipinski definition) is 2. The van der Waals surface area contributed by atoms with Crippen molar-refractivity contribution in [2.45, 2.75) is 57.4 Å². The van der Waals surface area contributed by atoms with Gasteiger partial charge in [0.15, 0.2) is 0 Å². The lowest BCUT2D eigenvalue weighted by Crippen LogP contribution is -2.52. The smallest absolute Gasteiger partial charge is 0.317 e. The molecule has 19 heavy (non-hydrogen) atoms. The van der Waals surface area contributed by atoms with Crippen molar-refractivity contribution in [1.29, 1.82) is 0 Å². The van der Waals surface area contributed by atoms with Crippen LogP contribution in [0.2, 0.25) is 0 Å². The number of carboxylic acids is 1. The van der Waals surface area contributed by atoms with Crippen LogP contribution in [0.1, 0.15) is 51.4 Å². The van der Waals surface area contributed by atoms with Crippen molar-refractivity contribution in [1.82, 2.24) is 4.90 Å². The highest BCUT2D eigenvalue weighted by molar-refractivity contribution is 5.69. The average molecular weight is 263 g/mol. The fourth-order valence-electron chi connectivity index (χ4n) is 5.84. The lowest BCUT2D eigenvalue weighted by molar-refractivity contribution is -0.140. The minimum absolute atomic E-state index is 0.270. The molecule has 0 radical (unpaired) electrons. The van der Waals surface area contributed by atoms with Gasteiger partial charge in [0.05, 0.1) is 6.54 Å². The molecule has 3 heteroatoms. The third-order valence-corrected chi connectivity index (χ3v) is 6.11. The lowest BCUT2D eigenvalue weighted by Gasteiger charge is -2.58. The third-order valence-electron chi connectivity index (χ3n) is 6.11. The Labute approximate surface area is 115 Å². The highest BCUT2D eigenvalue weighted by Crippen LogP contribution is 2.60. The van der Waals surface area contributed by atoms with Gasteiger partial charge in [-0.2, -0.15) is 0 Å². The highest BCUT2D eigenvalue weighted by Gasteiger charge is 2.52. The Morgan fingerprint density at radius 1 is 1.05 bits per heavy atom. The Bertz CT molecular complexity index is 353. The Morgan fingerprint density at radius 3 is 2.00 bits per heavy atom. The summed E-state index contributed by atoms with van der Waals surface area (Å²) < 4.78 is 0. The van der Waals surface area contributed by atoms with Crippen LogP contribution in [-0.4, -0.2) is 35.1 Å². The molecule has 1 N–H and O–H groups in total. The summed E-state index contributed by atoms with van der Waals surface area (Å²) in [4.78, 5) is 13.4. The molecule has 0 aromatic carbocycles. The van der Waals surface area contributed by atoms with Crippen molar-refractivity contribution in [2.75, 3.05) is 13.1 Å². The van der Waals surface area contributed by atoms with E-state index in [0.717, 1.165) is 24.3 Å². The van der Waals surface area contributed by atoms with E-state index in [1.54, 1.807) is 0 Å². The molecule has 5 saturated carbocycles. The molecule has 4 bridgehead atoms. The predicted octanol–water partition coefficient (Wildman–Crippen LogP) is 2.75. The zero-order valence-corrected chi connectivity index (χ0v) is 11.7. The van der Waals surface area contributed by atoms with E-state index in [2.05, 4.69) is 4.90 Å². The van der Waals surface area contributed by atoms with E-state index in [-0.39, 0.29) is 6.54 Å². The highest BCUT2D eigenvalue weighted by atomic mass is 16.4. The summed E-state index contributed by atoms with van der Waals surface area (Å²) in [5, 5.41) is 9.13. The molecule has 0 aliphatic heterocycles. The minimum Gasteiger partial charge on any atom is -0.480 e. The van der Waals surface area contributed by atoms with E-state index in [1.165, 1.54) is 51.4 Å². The Balaban J connectivity index is 1.49. The van der Waals surface area contributed by atoms with Crippen LogP contribution in [0.25, 0.3) is 0 Å². The summed E-state index contributed by atoms with van der Waals surface area (Å²) in [7, 11) is 0. The second kappa shape index (κ2) is 4.21. The first-order chi connectivity index (χ1) is 9.12. The van der Waals surface area contributed by atoms with Crippen LogP contribution in [0.3, 0.4) is 0 Å². The second-order valence-electron chi connectivity index (χ2n) is 7.95. The SMILES string of the molecule is O=C(O)CN(CC12CC3CC(CC(C3)C1)C2)C1CC1. The van der Waals surface area contributed by atoms with Gasteiger partial charge in [-0.05, 0) is 74.5 Å². The molecule has 0 amide bonds. The number of hydrogen-bond donors (Lipinski definition) is 1. The maximum atomic E-state index is 11.1. The lowest BCUT2D eigenvalue weighted by atomic mass is 9.49. The topological polar surface area (TPSA) is 40.5 Å². The summed E-state index contributed by atoms with van der Waals surface area (Å²) >= 11 is 0. The largest absolute Gasteiger partial charge is 0.480 e. The fourth-order valence-corrected chi connectivity index (χ4v) is 5.84. The number of nitrogens with zero attached hydrogens (tertiary/aromatic N) is 1. The standard InChI is InChI=1S/C16H25NO2/c18-15(19)9-17(14-1-2-14)10-16-6-11-3-12(7-16)5-13(4-11)8-16/h11-14H,1-10H2,(H,18,19). The van der Waals surface area contributed by atoms with Gasteiger partial charge in [0.2, 0.25) is 0 Å². The monoisotopic (exact) mass is 263 g/mol. The van der Waals surface area contributed by atoms with E-state index in [9.17, 15) is 4.79 Å². The van der Waals surface area contributed by atoms with Crippen LogP contribution >= 0.6 is 0 Å². The molecule has 5 aliphatic rings. The van der Waals surface area contributed by atoms with Crippen molar-refractivity contribution in [3.8, 4) is 0 Å². The van der Waals surface area contributed by atoms with Gasteiger partial charge >= 0.3 is 5.97 Å². The predicted molar refractivity (Wildman–Crippen MR) is 72.8 cm³/mol. The van der Waals surface area contributed by atoms with E-state index in [4.69, 9.17) is 5.11 Å². The molecule has 0 aromatic heterocycles. The molecule has 3 nitrogen and oxygen atoms in total. The van der Waals surface area contributed by atoms with Gasteiger partial charge in [0.1, 0.15) is 0 Å². The normalized spacial score (nSPS) is 43.9. The minimum atomic E-state index is -0.642. The summed E-state index contributed by atoms with van der Waals surface area (Å²) in [5.41, 5.74) is 0.493. The molecule has 0 spiro atoms. The Kier molecular flexibility index (Phi) is 2.70. The molecule has 5 rings (SSSR count). The van der Waals surface area contributed by atoms with Crippen LogP contribution in [0, 0.1) is 23.2 Å². The number of aliphatic carboxylic acids is 1. The van der Waals surface area contributed by atoms with Gasteiger partial charge in [-0.1, -0.05) is 0 Å². The van der Waals surface area contributed by atoms with Crippen molar-refractivity contribution < 1.29 is 9.90 Å². The molecule has 0 unspecified atom stereocenters. The molecular formula is C16H25NO2. The quantitative estimate of drug-likeness (QED) is 0.829. The first-order valence-electron chi connectivity index (χ1n) is 8.08. The fraction of sp³-hybridized carbons (Fsp3) is 0.938. The molecule has 106 valence electrons. The van der Waals surface area contributed by atoms with Crippen molar-refractivity contribution >= 4 is 5.97 Å². The molecule has 0 aromatic rings. The van der Waals surface area contributed by atoms with Gasteiger partial charge < -0.3 is 5.11 Å². The van der Waals surface area contributed by atoms with E-state index < -0.39 is 5.97 Å². The van der Waals surface area contributed by atoms with Crippen LogP contribution in [0.15, 0.2) is 0 Å². The zero-order valence-electron chi connectivity index (χ0n) is 11.7. The molecule has 5 aliphatic carbocycles. The van der Waals surface area contributed by atoms with Gasteiger partial charge in [-0.15, -0.1) is 0 Å². The molecule has 0 heterocycles. The maximum absolute atomic E-state index is 11.1. The van der Waals surface area contributed by atoms with E-state index >= 15 is 0 Å². The van der Waals surface area contributed by atoms with Crippen LogP contribution in [0.4, 0.5) is 0 Å². The maximum Gasteiger partial charge on any atom is 0.317 e. The van der Waals surface area contributed by atoms with E-state index in [0.29, 0.717) is 11.5 Å². The van der Waals surface area contributed by atoms with Crippen LogP contribution in [-0.2, 0) is 4.79 Å². The number of carboxylic acid groups (broad SMARTS) is 1. The van der Waals surface area contributed by atoms with Crippen LogP contribution < -0.4 is 0 Å². The van der Waals surface area contributed by atoms with Crippen molar-refractivity contribution in [2.24, 2.45) is 23.2 Å². The third kappa shape index (κ3) is 2.31. The molecular weight excluding hydrogens is 238 g/mol. The van der Waals surface area contributed by atoms with Gasteiger partial charge in [0, 0.05) is 12.6 Å². The van der Waals surface area contributed by atoms with Gasteiger partial charge in [0.25, 0.3) is 0 Å². The summed E-state index contributed by atoms with van der Waals surface area (Å²) in [6.45, 7) is 1.35. The Morgan fingerprint density at radius 2 is 1.58 bits per heavy atom. The number of rotatable bonds is 5. The van der Waals surface area contributed by atoms with Gasteiger partial charge in [-0.25, -0.2) is 0 Å². The van der Waals surface area contributed by atoms with Gasteiger partial charge in [-0.3, -0.25) is 9.69 Å². The first-order valence-corrected chi connectivity index (χ1v) is 8.08. The summed E-state index contributed by atoms with van der Waals surface area (Å²) in [6, 6.07) is 0.587. The molecule has 5 fully saturated rings. The number of carbonyl (C=O) groups is 1. The summed E-state index contributed by atoms with van der Waals surface area (Å²) in [5.74, 6) is 2.27. The first kappa shape index (κ1) is 12.2. The van der Waals surface area contributed by atoms with Crippen molar-refractivity contribution in [3.63, 3.8) is 0 Å². The van der Waals surface area contributed by atoms with Crippen molar-refractivity contribution in [3.05, 3.63) is 0 Å². The Hall–Kier alpha value is -0.570. The zero-order chi connectivity index (χ0) is 13.0. The average Bonchev–Trinajstić information content (AvgIpc) is 3.08.